The van der Waals surface area contributed by atoms with Gasteiger partial charge in [-0.25, -0.2) is 0 Å². The van der Waals surface area contributed by atoms with E-state index in [9.17, 15) is 0 Å². The molecule has 26 heavy (non-hydrogen) atoms. The highest BCUT2D eigenvalue weighted by Gasteiger charge is 2.29. The predicted octanol–water partition coefficient (Wildman–Crippen LogP) is 8.18. The molecule has 156 valence electrons. The Bertz CT molecular complexity index is 264. The first-order valence-corrected chi connectivity index (χ1v) is 13.4. The zero-order valence-corrected chi connectivity index (χ0v) is 19.2. The summed E-state index contributed by atoms with van der Waals surface area (Å²) in [5.74, 6) is 2.82. The number of thioether (sulfide) groups is 1. The van der Waals surface area contributed by atoms with E-state index in [4.69, 9.17) is 0 Å². The molecule has 1 aliphatic heterocycles. The summed E-state index contributed by atoms with van der Waals surface area (Å²) in [7, 11) is 0. The van der Waals surface area contributed by atoms with Gasteiger partial charge in [-0.05, 0) is 25.7 Å². The minimum atomic E-state index is 1.37. The summed E-state index contributed by atoms with van der Waals surface area (Å²) < 4.78 is 1.45. The molecule has 0 aromatic heterocycles. The monoisotopic (exact) mass is 384 g/mol. The lowest BCUT2D eigenvalue weighted by Crippen LogP contribution is -2.51. The third-order valence-corrected chi connectivity index (χ3v) is 7.57. The van der Waals surface area contributed by atoms with E-state index in [2.05, 4.69) is 25.6 Å². The highest BCUT2D eigenvalue weighted by atomic mass is 32.2. The van der Waals surface area contributed by atoms with Crippen LogP contribution in [-0.4, -0.2) is 35.7 Å². The minimum Gasteiger partial charge on any atom is -0.315 e. The fourth-order valence-corrected chi connectivity index (χ4v) is 5.69. The maximum atomic E-state index is 2.31. The van der Waals surface area contributed by atoms with E-state index >= 15 is 0 Å². The highest BCUT2D eigenvalue weighted by Crippen LogP contribution is 2.25. The molecule has 1 heterocycles. The van der Waals surface area contributed by atoms with Crippen LogP contribution in [0.25, 0.3) is 0 Å². The lowest BCUT2D eigenvalue weighted by Gasteiger charge is -2.41. The van der Waals surface area contributed by atoms with Gasteiger partial charge in [-0.1, -0.05) is 90.9 Å². The number of nitrogens with zero attached hydrogens (tertiary/aromatic N) is 1. The first kappa shape index (κ1) is 24.3. The maximum Gasteiger partial charge on any atom is 0.125 e. The van der Waals surface area contributed by atoms with Crippen LogP contribution < -0.4 is 0 Å². The number of quaternary nitrogens is 1. The molecule has 0 atom stereocenters. The van der Waals surface area contributed by atoms with Gasteiger partial charge in [-0.3, -0.25) is 0 Å². The van der Waals surface area contributed by atoms with Crippen LogP contribution in [0, 0.1) is 0 Å². The van der Waals surface area contributed by atoms with Gasteiger partial charge in [0.2, 0.25) is 0 Å². The van der Waals surface area contributed by atoms with Crippen molar-refractivity contribution in [3.8, 4) is 0 Å². The molecule has 0 saturated carbocycles. The first-order valence-electron chi connectivity index (χ1n) is 12.3. The molecule has 1 saturated heterocycles. The van der Waals surface area contributed by atoms with Gasteiger partial charge in [0.15, 0.2) is 0 Å². The van der Waals surface area contributed by atoms with Crippen molar-refractivity contribution in [2.45, 2.75) is 123 Å². The van der Waals surface area contributed by atoms with Crippen LogP contribution in [0.4, 0.5) is 0 Å². The van der Waals surface area contributed by atoms with E-state index in [1.54, 1.807) is 0 Å². The lowest BCUT2D eigenvalue weighted by molar-refractivity contribution is -0.918. The van der Waals surface area contributed by atoms with E-state index in [1.165, 1.54) is 145 Å². The fraction of sp³-hybridized carbons (Fsp3) is 1.00. The van der Waals surface area contributed by atoms with Gasteiger partial charge in [0, 0.05) is 12.2 Å². The Hall–Kier alpha value is 0.310. The van der Waals surface area contributed by atoms with E-state index in [-0.39, 0.29) is 0 Å². The van der Waals surface area contributed by atoms with Crippen LogP contribution in [0.1, 0.15) is 123 Å². The molecule has 0 unspecified atom stereocenters. The molecule has 0 radical (unpaired) electrons. The van der Waals surface area contributed by atoms with Gasteiger partial charge in [0.05, 0.1) is 19.6 Å². The van der Waals surface area contributed by atoms with Crippen molar-refractivity contribution in [1.29, 1.82) is 0 Å². The van der Waals surface area contributed by atoms with Gasteiger partial charge in [0.1, 0.15) is 5.88 Å². The van der Waals surface area contributed by atoms with Crippen molar-refractivity contribution in [1.82, 2.24) is 0 Å². The van der Waals surface area contributed by atoms with Crippen LogP contribution in [0.15, 0.2) is 0 Å². The Morgan fingerprint density at radius 2 is 1.00 bits per heavy atom. The zero-order chi connectivity index (χ0) is 18.8. The second-order valence-corrected chi connectivity index (χ2v) is 9.93. The SMILES string of the molecule is CCCCCCCCCC[N+]1(CCCCCCCCCC)CCCSC1. The topological polar surface area (TPSA) is 0 Å². The van der Waals surface area contributed by atoms with Crippen LogP contribution in [-0.2, 0) is 0 Å². The summed E-state index contributed by atoms with van der Waals surface area (Å²) in [6, 6.07) is 0. The van der Waals surface area contributed by atoms with Crippen LogP contribution in [0.5, 0.6) is 0 Å². The quantitative estimate of drug-likeness (QED) is 0.169. The van der Waals surface area contributed by atoms with E-state index in [0.29, 0.717) is 0 Å². The Labute approximate surface area is 170 Å². The summed E-state index contributed by atoms with van der Waals surface area (Å²) in [4.78, 5) is 0. The van der Waals surface area contributed by atoms with E-state index < -0.39 is 0 Å². The first-order chi connectivity index (χ1) is 12.8. The molecule has 0 amide bonds. The molecule has 0 aliphatic carbocycles. The summed E-state index contributed by atoms with van der Waals surface area (Å²) >= 11 is 2.23. The normalized spacial score (nSPS) is 16.8. The molecule has 1 rings (SSSR count). The zero-order valence-electron chi connectivity index (χ0n) is 18.4. The van der Waals surface area contributed by atoms with Crippen molar-refractivity contribution >= 4 is 11.8 Å². The molecule has 0 bridgehead atoms. The van der Waals surface area contributed by atoms with Crippen molar-refractivity contribution in [2.24, 2.45) is 0 Å². The number of hydrogen-bond donors (Lipinski definition) is 0. The van der Waals surface area contributed by atoms with Crippen LogP contribution in [0.3, 0.4) is 0 Å². The number of rotatable bonds is 18. The van der Waals surface area contributed by atoms with Gasteiger partial charge < -0.3 is 4.48 Å². The molecule has 0 spiro atoms. The Morgan fingerprint density at radius 3 is 1.38 bits per heavy atom. The molecule has 2 heteroatoms. The number of hydrogen-bond acceptors (Lipinski definition) is 1. The van der Waals surface area contributed by atoms with Crippen molar-refractivity contribution in [3.05, 3.63) is 0 Å². The molecule has 0 N–H and O–H groups in total. The average Bonchev–Trinajstić information content (AvgIpc) is 2.67. The minimum absolute atomic E-state index is 1.37. The van der Waals surface area contributed by atoms with Crippen LogP contribution in [0.2, 0.25) is 0 Å². The summed E-state index contributed by atoms with van der Waals surface area (Å²) in [6.07, 6.45) is 24.8. The summed E-state index contributed by atoms with van der Waals surface area (Å²) in [5, 5.41) is 0. The third kappa shape index (κ3) is 12.7. The Kier molecular flexibility index (Phi) is 16.3. The lowest BCUT2D eigenvalue weighted by atomic mass is 10.1. The maximum absolute atomic E-state index is 2.31. The molecular formula is C24H50NS+. The standard InChI is InChI=1S/C24H50NS/c1-3-5-7-9-11-13-15-17-20-25(22-19-23-26-24-25)21-18-16-14-12-10-8-6-4-2/h3-24H2,1-2H3/q+1. The van der Waals surface area contributed by atoms with Gasteiger partial charge >= 0.3 is 0 Å². The van der Waals surface area contributed by atoms with Gasteiger partial charge in [0.25, 0.3) is 0 Å². The van der Waals surface area contributed by atoms with Gasteiger partial charge in [-0.15, -0.1) is 11.8 Å². The fourth-order valence-electron chi connectivity index (χ4n) is 4.45. The second kappa shape index (κ2) is 17.4. The molecule has 0 aromatic carbocycles. The average molecular weight is 385 g/mol. The summed E-state index contributed by atoms with van der Waals surface area (Å²) in [6.45, 7) is 9.04. The molecular weight excluding hydrogens is 334 g/mol. The predicted molar refractivity (Wildman–Crippen MR) is 122 cm³/mol. The number of unbranched alkanes of at least 4 members (excludes halogenated alkanes) is 14. The largest absolute Gasteiger partial charge is 0.315 e. The molecule has 0 aromatic rings. The van der Waals surface area contributed by atoms with Crippen molar-refractivity contribution < 1.29 is 4.48 Å². The summed E-state index contributed by atoms with van der Waals surface area (Å²) in [5.41, 5.74) is 0. The highest BCUT2D eigenvalue weighted by molar-refractivity contribution is 7.99. The van der Waals surface area contributed by atoms with Crippen molar-refractivity contribution in [2.75, 3.05) is 31.3 Å². The van der Waals surface area contributed by atoms with E-state index in [1.807, 2.05) is 0 Å². The second-order valence-electron chi connectivity index (χ2n) is 8.85. The van der Waals surface area contributed by atoms with Gasteiger partial charge in [-0.2, -0.15) is 0 Å². The molecule has 1 aliphatic rings. The molecule has 1 fully saturated rings. The van der Waals surface area contributed by atoms with E-state index in [0.717, 1.165) is 0 Å². The Balaban J connectivity index is 2.09. The smallest absolute Gasteiger partial charge is 0.125 e. The third-order valence-electron chi connectivity index (χ3n) is 6.26. The van der Waals surface area contributed by atoms with Crippen LogP contribution >= 0.6 is 11.8 Å². The van der Waals surface area contributed by atoms with Crippen molar-refractivity contribution in [3.63, 3.8) is 0 Å². The Morgan fingerprint density at radius 1 is 0.577 bits per heavy atom. The molecule has 1 nitrogen and oxygen atoms in total.